The van der Waals surface area contributed by atoms with Crippen molar-refractivity contribution in [2.45, 2.75) is 25.4 Å². The van der Waals surface area contributed by atoms with Gasteiger partial charge in [0.05, 0.1) is 6.10 Å². The van der Waals surface area contributed by atoms with E-state index in [1.165, 1.54) is 24.8 Å². The molecule has 2 atom stereocenters. The third kappa shape index (κ3) is 3.86. The summed E-state index contributed by atoms with van der Waals surface area (Å²) in [6.45, 7) is 1.54. The number of rotatable bonds is 5. The lowest BCUT2D eigenvalue weighted by Gasteiger charge is -2.23. The van der Waals surface area contributed by atoms with Gasteiger partial charge in [-0.15, -0.1) is 11.3 Å². The number of nitrogens with one attached hydrogen (secondary N) is 1. The molecule has 3 rings (SSSR count). The fourth-order valence-corrected chi connectivity index (χ4v) is 4.08. The third-order valence-electron chi connectivity index (χ3n) is 4.13. The van der Waals surface area contributed by atoms with Gasteiger partial charge in [0.25, 0.3) is 0 Å². The van der Waals surface area contributed by atoms with Gasteiger partial charge in [0.2, 0.25) is 0 Å². The molecule has 2 unspecified atom stereocenters. The zero-order chi connectivity index (χ0) is 14.7. The van der Waals surface area contributed by atoms with Crippen LogP contribution in [0.15, 0.2) is 35.7 Å². The summed E-state index contributed by atoms with van der Waals surface area (Å²) in [5.41, 5.74) is 2.40. The van der Waals surface area contributed by atoms with E-state index in [1.54, 1.807) is 4.88 Å². The zero-order valence-electron chi connectivity index (χ0n) is 11.9. The average Bonchev–Trinajstić information content (AvgIpc) is 2.94. The Kier molecular flexibility index (Phi) is 4.96. The molecule has 1 aliphatic rings. The Morgan fingerprint density at radius 1 is 1.38 bits per heavy atom. The molecule has 2 N–H and O–H groups in total. The van der Waals surface area contributed by atoms with E-state index in [0.29, 0.717) is 17.5 Å². The van der Waals surface area contributed by atoms with Crippen LogP contribution in [0.3, 0.4) is 0 Å². The molecule has 1 heterocycles. The number of hydrogen-bond acceptors (Lipinski definition) is 3. The van der Waals surface area contributed by atoms with Crippen LogP contribution in [-0.4, -0.2) is 18.2 Å². The Bertz CT molecular complexity index is 598. The maximum atomic E-state index is 10.2. The van der Waals surface area contributed by atoms with Crippen LogP contribution in [0.1, 0.15) is 28.5 Å². The van der Waals surface area contributed by atoms with Crippen molar-refractivity contribution in [1.82, 2.24) is 5.32 Å². The summed E-state index contributed by atoms with van der Waals surface area (Å²) in [5, 5.41) is 16.5. The van der Waals surface area contributed by atoms with Gasteiger partial charge in [0, 0.05) is 16.4 Å². The number of fused-ring (bicyclic) bond motifs is 1. The lowest BCUT2D eigenvalue weighted by molar-refractivity contribution is 0.172. The van der Waals surface area contributed by atoms with E-state index in [9.17, 15) is 5.11 Å². The Labute approximate surface area is 134 Å². The molecule has 1 aliphatic carbocycles. The summed E-state index contributed by atoms with van der Waals surface area (Å²) in [4.78, 5) is 1.56. The van der Waals surface area contributed by atoms with Gasteiger partial charge in [-0.3, -0.25) is 0 Å². The Hall–Kier alpha value is -0.870. The minimum absolute atomic E-state index is 0.496. The molecule has 112 valence electrons. The zero-order valence-corrected chi connectivity index (χ0v) is 13.5. The molecule has 1 aromatic carbocycles. The maximum Gasteiger partial charge on any atom is 0.0914 e. The molecule has 1 aromatic heterocycles. The minimum atomic E-state index is -0.496. The van der Waals surface area contributed by atoms with Crippen LogP contribution in [0.4, 0.5) is 0 Å². The first kappa shape index (κ1) is 15.0. The molecular formula is C17H20ClNOS. The molecule has 0 spiro atoms. The van der Waals surface area contributed by atoms with Crippen molar-refractivity contribution in [2.75, 3.05) is 13.1 Å². The SMILES string of the molecule is OC(CNCC1CCc2sccc2C1)c1cccc(Cl)c1. The summed E-state index contributed by atoms with van der Waals surface area (Å²) in [5.74, 6) is 0.679. The first-order valence-electron chi connectivity index (χ1n) is 7.42. The van der Waals surface area contributed by atoms with Gasteiger partial charge in [-0.05, 0) is 66.4 Å². The monoisotopic (exact) mass is 321 g/mol. The molecule has 0 saturated carbocycles. The first-order chi connectivity index (χ1) is 10.2. The second-order valence-electron chi connectivity index (χ2n) is 5.71. The molecular weight excluding hydrogens is 302 g/mol. The molecule has 0 bridgehead atoms. The highest BCUT2D eigenvalue weighted by molar-refractivity contribution is 7.10. The summed E-state index contributed by atoms with van der Waals surface area (Å²) in [6.07, 6.45) is 3.12. The molecule has 21 heavy (non-hydrogen) atoms. The average molecular weight is 322 g/mol. The smallest absolute Gasteiger partial charge is 0.0914 e. The first-order valence-corrected chi connectivity index (χ1v) is 8.67. The number of aliphatic hydroxyl groups excluding tert-OH is 1. The molecule has 4 heteroatoms. The summed E-state index contributed by atoms with van der Waals surface area (Å²) < 4.78 is 0. The van der Waals surface area contributed by atoms with Gasteiger partial charge >= 0.3 is 0 Å². The Morgan fingerprint density at radius 2 is 2.29 bits per heavy atom. The predicted molar refractivity (Wildman–Crippen MR) is 89.1 cm³/mol. The van der Waals surface area contributed by atoms with Crippen molar-refractivity contribution in [3.05, 3.63) is 56.7 Å². The standard InChI is InChI=1S/C17H20ClNOS/c18-15-3-1-2-13(9-15)16(20)11-19-10-12-4-5-17-14(8-12)6-7-21-17/h1-3,6-7,9,12,16,19-20H,4-5,8,10-11H2. The van der Waals surface area contributed by atoms with Crippen LogP contribution >= 0.6 is 22.9 Å². The molecule has 2 aromatic rings. The van der Waals surface area contributed by atoms with Crippen molar-refractivity contribution < 1.29 is 5.11 Å². The number of aliphatic hydroxyl groups is 1. The highest BCUT2D eigenvalue weighted by atomic mass is 35.5. The second kappa shape index (κ2) is 6.93. The molecule has 0 fully saturated rings. The molecule has 2 nitrogen and oxygen atoms in total. The van der Waals surface area contributed by atoms with Crippen molar-refractivity contribution >= 4 is 22.9 Å². The lowest BCUT2D eigenvalue weighted by atomic mass is 9.88. The van der Waals surface area contributed by atoms with E-state index < -0.39 is 6.10 Å². The van der Waals surface area contributed by atoms with E-state index in [0.717, 1.165) is 12.1 Å². The summed E-state index contributed by atoms with van der Waals surface area (Å²) in [7, 11) is 0. The van der Waals surface area contributed by atoms with Crippen LogP contribution in [0.5, 0.6) is 0 Å². The minimum Gasteiger partial charge on any atom is -0.387 e. The van der Waals surface area contributed by atoms with Gasteiger partial charge in [-0.25, -0.2) is 0 Å². The van der Waals surface area contributed by atoms with Crippen molar-refractivity contribution in [1.29, 1.82) is 0 Å². The molecule has 0 aliphatic heterocycles. The molecule has 0 saturated heterocycles. The van der Waals surface area contributed by atoms with E-state index >= 15 is 0 Å². The van der Waals surface area contributed by atoms with E-state index in [4.69, 9.17) is 11.6 Å². The molecule has 0 radical (unpaired) electrons. The van der Waals surface area contributed by atoms with Crippen LogP contribution < -0.4 is 5.32 Å². The number of benzene rings is 1. The maximum absolute atomic E-state index is 10.2. The van der Waals surface area contributed by atoms with Gasteiger partial charge < -0.3 is 10.4 Å². The Morgan fingerprint density at radius 3 is 3.14 bits per heavy atom. The van der Waals surface area contributed by atoms with Crippen LogP contribution in [0, 0.1) is 5.92 Å². The number of aryl methyl sites for hydroxylation is 1. The summed E-state index contributed by atoms with van der Waals surface area (Å²) in [6, 6.07) is 9.70. The number of hydrogen-bond donors (Lipinski definition) is 2. The van der Waals surface area contributed by atoms with E-state index in [2.05, 4.69) is 16.8 Å². The van der Waals surface area contributed by atoms with Crippen LogP contribution in [0.2, 0.25) is 5.02 Å². The van der Waals surface area contributed by atoms with Gasteiger partial charge in [0.1, 0.15) is 0 Å². The second-order valence-corrected chi connectivity index (χ2v) is 7.14. The van der Waals surface area contributed by atoms with Crippen LogP contribution in [0.25, 0.3) is 0 Å². The topological polar surface area (TPSA) is 32.3 Å². The highest BCUT2D eigenvalue weighted by Gasteiger charge is 2.19. The van der Waals surface area contributed by atoms with Gasteiger partial charge in [0.15, 0.2) is 0 Å². The van der Waals surface area contributed by atoms with Crippen LogP contribution in [-0.2, 0) is 12.8 Å². The highest BCUT2D eigenvalue weighted by Crippen LogP contribution is 2.29. The largest absolute Gasteiger partial charge is 0.387 e. The quantitative estimate of drug-likeness (QED) is 0.877. The molecule has 0 amide bonds. The van der Waals surface area contributed by atoms with Crippen molar-refractivity contribution in [3.63, 3.8) is 0 Å². The number of thiophene rings is 1. The lowest BCUT2D eigenvalue weighted by Crippen LogP contribution is -2.30. The predicted octanol–water partition coefficient (Wildman–Crippen LogP) is 3.83. The fourth-order valence-electron chi connectivity index (χ4n) is 2.95. The van der Waals surface area contributed by atoms with E-state index in [1.807, 2.05) is 35.6 Å². The van der Waals surface area contributed by atoms with Gasteiger partial charge in [-0.1, -0.05) is 23.7 Å². The third-order valence-corrected chi connectivity index (χ3v) is 5.39. The Balaban J connectivity index is 1.46. The van der Waals surface area contributed by atoms with Crippen molar-refractivity contribution in [2.24, 2.45) is 5.92 Å². The fraction of sp³-hybridized carbons (Fsp3) is 0.412. The number of halogens is 1. The van der Waals surface area contributed by atoms with Crippen molar-refractivity contribution in [3.8, 4) is 0 Å². The normalized spacial score (nSPS) is 19.2. The summed E-state index contributed by atoms with van der Waals surface area (Å²) >= 11 is 7.83. The van der Waals surface area contributed by atoms with E-state index in [-0.39, 0.29) is 0 Å². The van der Waals surface area contributed by atoms with Gasteiger partial charge in [-0.2, -0.15) is 0 Å².